The molecule has 0 bridgehead atoms. The van der Waals surface area contributed by atoms with E-state index in [0.29, 0.717) is 6.61 Å². The molecule has 20 heavy (non-hydrogen) atoms. The van der Waals surface area contributed by atoms with Crippen LogP contribution >= 0.6 is 0 Å². The molecule has 3 rings (SSSR count). The van der Waals surface area contributed by atoms with Gasteiger partial charge in [-0.15, -0.1) is 0 Å². The summed E-state index contributed by atoms with van der Waals surface area (Å²) < 4.78 is 7.21. The van der Waals surface area contributed by atoms with E-state index in [-0.39, 0.29) is 0 Å². The highest BCUT2D eigenvalue weighted by molar-refractivity contribution is 5.91. The molecule has 0 saturated carbocycles. The average molecular weight is 273 g/mol. The van der Waals surface area contributed by atoms with Crippen LogP contribution in [0.15, 0.2) is 30.5 Å². The third-order valence-electron chi connectivity index (χ3n) is 3.77. The highest BCUT2D eigenvalue weighted by Gasteiger charge is 2.11. The SMILES string of the molecule is NC(=O)n1ccc2cc(OCCN3CCCC3)ccc21. The molecule has 2 N–H and O–H groups in total. The quantitative estimate of drug-likeness (QED) is 0.927. The molecule has 0 radical (unpaired) electrons. The van der Waals surface area contributed by atoms with E-state index < -0.39 is 6.03 Å². The maximum Gasteiger partial charge on any atom is 0.323 e. The number of carbonyl (C=O) groups excluding carboxylic acids is 1. The van der Waals surface area contributed by atoms with E-state index in [2.05, 4.69) is 4.90 Å². The first kappa shape index (κ1) is 13.0. The number of nitrogens with two attached hydrogens (primary N) is 1. The van der Waals surface area contributed by atoms with Crippen molar-refractivity contribution in [2.24, 2.45) is 5.73 Å². The molecule has 5 nitrogen and oxygen atoms in total. The van der Waals surface area contributed by atoms with E-state index in [1.54, 1.807) is 6.20 Å². The van der Waals surface area contributed by atoms with E-state index in [1.165, 1.54) is 30.5 Å². The van der Waals surface area contributed by atoms with Crippen LogP contribution in [0, 0.1) is 0 Å². The van der Waals surface area contributed by atoms with Crippen LogP contribution in [-0.2, 0) is 0 Å². The maximum atomic E-state index is 11.2. The van der Waals surface area contributed by atoms with Gasteiger partial charge < -0.3 is 10.5 Å². The van der Waals surface area contributed by atoms with Crippen molar-refractivity contribution in [2.45, 2.75) is 12.8 Å². The van der Waals surface area contributed by atoms with Crippen molar-refractivity contribution in [3.63, 3.8) is 0 Å². The van der Waals surface area contributed by atoms with Crippen molar-refractivity contribution < 1.29 is 9.53 Å². The van der Waals surface area contributed by atoms with Crippen LogP contribution in [0.5, 0.6) is 5.75 Å². The molecule has 0 aliphatic carbocycles. The fourth-order valence-corrected chi connectivity index (χ4v) is 2.70. The lowest BCUT2D eigenvalue weighted by Gasteiger charge is -2.14. The van der Waals surface area contributed by atoms with Crippen LogP contribution in [-0.4, -0.2) is 41.7 Å². The highest BCUT2D eigenvalue weighted by atomic mass is 16.5. The Morgan fingerprint density at radius 3 is 2.80 bits per heavy atom. The number of aromatic nitrogens is 1. The van der Waals surface area contributed by atoms with E-state index in [0.717, 1.165) is 23.2 Å². The van der Waals surface area contributed by atoms with Gasteiger partial charge in [0.25, 0.3) is 0 Å². The Labute approximate surface area is 117 Å². The summed E-state index contributed by atoms with van der Waals surface area (Å²) in [6, 6.07) is 7.09. The summed E-state index contributed by atoms with van der Waals surface area (Å²) >= 11 is 0. The van der Waals surface area contributed by atoms with Crippen molar-refractivity contribution in [2.75, 3.05) is 26.2 Å². The van der Waals surface area contributed by atoms with Gasteiger partial charge in [0.15, 0.2) is 0 Å². The molecule has 1 fully saturated rings. The van der Waals surface area contributed by atoms with E-state index in [9.17, 15) is 4.79 Å². The summed E-state index contributed by atoms with van der Waals surface area (Å²) in [5.74, 6) is 0.832. The van der Waals surface area contributed by atoms with Gasteiger partial charge in [-0.1, -0.05) is 0 Å². The summed E-state index contributed by atoms with van der Waals surface area (Å²) in [6.45, 7) is 4.04. The summed E-state index contributed by atoms with van der Waals surface area (Å²) in [4.78, 5) is 13.6. The lowest BCUT2D eigenvalue weighted by Crippen LogP contribution is -2.25. The molecular weight excluding hydrogens is 254 g/mol. The molecule has 0 atom stereocenters. The van der Waals surface area contributed by atoms with Gasteiger partial charge in [0.1, 0.15) is 12.4 Å². The number of likely N-dealkylation sites (tertiary alicyclic amines) is 1. The molecule has 1 aromatic carbocycles. The lowest BCUT2D eigenvalue weighted by molar-refractivity contribution is 0.238. The zero-order chi connectivity index (χ0) is 13.9. The first-order chi connectivity index (χ1) is 9.74. The summed E-state index contributed by atoms with van der Waals surface area (Å²) in [7, 11) is 0. The van der Waals surface area contributed by atoms with Crippen LogP contribution < -0.4 is 10.5 Å². The fourth-order valence-electron chi connectivity index (χ4n) is 2.70. The van der Waals surface area contributed by atoms with Gasteiger partial charge in [0.05, 0.1) is 5.52 Å². The second-order valence-electron chi connectivity index (χ2n) is 5.14. The molecule has 0 spiro atoms. The minimum Gasteiger partial charge on any atom is -0.492 e. The number of rotatable bonds is 4. The van der Waals surface area contributed by atoms with Crippen LogP contribution in [0.25, 0.3) is 10.9 Å². The minimum absolute atomic E-state index is 0.470. The van der Waals surface area contributed by atoms with Crippen LogP contribution in [0.4, 0.5) is 4.79 Å². The molecule has 5 heteroatoms. The van der Waals surface area contributed by atoms with Crippen LogP contribution in [0.1, 0.15) is 12.8 Å². The van der Waals surface area contributed by atoms with Crippen molar-refractivity contribution in [3.8, 4) is 5.75 Å². The van der Waals surface area contributed by atoms with Gasteiger partial charge in [0, 0.05) is 18.1 Å². The van der Waals surface area contributed by atoms with Gasteiger partial charge in [-0.05, 0) is 50.2 Å². The molecule has 1 aliphatic heterocycles. The molecule has 1 amide bonds. The number of amides is 1. The predicted octanol–water partition coefficient (Wildman–Crippen LogP) is 2.04. The van der Waals surface area contributed by atoms with Crippen molar-refractivity contribution in [1.29, 1.82) is 0 Å². The Balaban J connectivity index is 1.65. The van der Waals surface area contributed by atoms with Gasteiger partial charge >= 0.3 is 6.03 Å². The normalized spacial score (nSPS) is 15.8. The topological polar surface area (TPSA) is 60.5 Å². The number of benzene rings is 1. The Morgan fingerprint density at radius 2 is 2.05 bits per heavy atom. The molecule has 1 saturated heterocycles. The first-order valence-electron chi connectivity index (χ1n) is 7.00. The molecule has 1 aromatic heterocycles. The van der Waals surface area contributed by atoms with Gasteiger partial charge in [-0.25, -0.2) is 4.79 Å². The third kappa shape index (κ3) is 2.63. The van der Waals surface area contributed by atoms with Gasteiger partial charge in [-0.3, -0.25) is 9.47 Å². The number of nitrogens with zero attached hydrogens (tertiary/aromatic N) is 2. The second-order valence-corrected chi connectivity index (χ2v) is 5.14. The third-order valence-corrected chi connectivity index (χ3v) is 3.77. The Morgan fingerprint density at radius 1 is 1.25 bits per heavy atom. The second kappa shape index (κ2) is 5.54. The fraction of sp³-hybridized carbons (Fsp3) is 0.400. The first-order valence-corrected chi connectivity index (χ1v) is 7.00. The molecular formula is C15H19N3O2. The number of carbonyl (C=O) groups is 1. The van der Waals surface area contributed by atoms with Crippen LogP contribution in [0.3, 0.4) is 0 Å². The number of hydrogen-bond acceptors (Lipinski definition) is 3. The standard InChI is InChI=1S/C15H19N3O2/c16-15(19)18-8-5-12-11-13(3-4-14(12)18)20-10-9-17-6-1-2-7-17/h3-5,8,11H,1-2,6-7,9-10H2,(H2,16,19). The zero-order valence-corrected chi connectivity index (χ0v) is 11.4. The zero-order valence-electron chi connectivity index (χ0n) is 11.4. The summed E-state index contributed by atoms with van der Waals surface area (Å²) in [5.41, 5.74) is 6.11. The van der Waals surface area contributed by atoms with E-state index in [4.69, 9.17) is 10.5 Å². The van der Waals surface area contributed by atoms with Gasteiger partial charge in [0.2, 0.25) is 0 Å². The molecule has 106 valence electrons. The van der Waals surface area contributed by atoms with Crippen molar-refractivity contribution in [1.82, 2.24) is 9.47 Å². The Hall–Kier alpha value is -2.01. The largest absolute Gasteiger partial charge is 0.492 e. The molecule has 2 aromatic rings. The maximum absolute atomic E-state index is 11.2. The number of ether oxygens (including phenoxy) is 1. The van der Waals surface area contributed by atoms with Crippen molar-refractivity contribution >= 4 is 16.9 Å². The summed E-state index contributed by atoms with van der Waals surface area (Å²) in [5, 5.41) is 0.961. The summed E-state index contributed by atoms with van der Waals surface area (Å²) in [6.07, 6.45) is 4.28. The van der Waals surface area contributed by atoms with Crippen LogP contribution in [0.2, 0.25) is 0 Å². The van der Waals surface area contributed by atoms with E-state index >= 15 is 0 Å². The molecule has 0 unspecified atom stereocenters. The Bertz CT molecular complexity index is 615. The molecule has 1 aliphatic rings. The minimum atomic E-state index is -0.470. The number of fused-ring (bicyclic) bond motifs is 1. The highest BCUT2D eigenvalue weighted by Crippen LogP contribution is 2.22. The smallest absolute Gasteiger partial charge is 0.323 e. The lowest BCUT2D eigenvalue weighted by atomic mass is 10.2. The van der Waals surface area contributed by atoms with Crippen molar-refractivity contribution in [3.05, 3.63) is 30.5 Å². The molecule has 2 heterocycles. The number of primary amides is 1. The average Bonchev–Trinajstić information content (AvgIpc) is 3.06. The monoisotopic (exact) mass is 273 g/mol. The number of hydrogen-bond donors (Lipinski definition) is 1. The van der Waals surface area contributed by atoms with Gasteiger partial charge in [-0.2, -0.15) is 0 Å². The van der Waals surface area contributed by atoms with E-state index in [1.807, 2.05) is 24.3 Å². The Kier molecular flexibility index (Phi) is 3.60. The predicted molar refractivity (Wildman–Crippen MR) is 78.1 cm³/mol.